The highest BCUT2D eigenvalue weighted by molar-refractivity contribution is 4.82. The van der Waals surface area contributed by atoms with E-state index in [0.717, 1.165) is 52.5 Å². The SMILES string of the molecule is CCCCCCCC/C=C\CCCCCCCCOCCN(CCCO)CCOCCCCCCCC/C=C\CCCCCCCC. The molecule has 0 fully saturated rings. The number of hydrogen-bond acceptors (Lipinski definition) is 4. The van der Waals surface area contributed by atoms with Gasteiger partial charge in [-0.2, -0.15) is 0 Å². The second kappa shape index (κ2) is 43.3. The Morgan fingerprint density at radius 2 is 0.681 bits per heavy atom. The Morgan fingerprint density at radius 3 is 1.02 bits per heavy atom. The van der Waals surface area contributed by atoms with Gasteiger partial charge in [0.25, 0.3) is 0 Å². The third-order valence-electron chi connectivity index (χ3n) is 9.34. The Hall–Kier alpha value is -0.680. The Morgan fingerprint density at radius 1 is 0.362 bits per heavy atom. The van der Waals surface area contributed by atoms with Crippen molar-refractivity contribution < 1.29 is 14.6 Å². The number of aliphatic hydroxyl groups is 1. The van der Waals surface area contributed by atoms with Crippen molar-refractivity contribution in [3.63, 3.8) is 0 Å². The lowest BCUT2D eigenvalue weighted by atomic mass is 10.1. The van der Waals surface area contributed by atoms with Crippen LogP contribution in [0.25, 0.3) is 0 Å². The monoisotopic (exact) mass is 664 g/mol. The van der Waals surface area contributed by atoms with Crippen LogP contribution in [0.2, 0.25) is 0 Å². The average molecular weight is 664 g/mol. The smallest absolute Gasteiger partial charge is 0.0593 e. The summed E-state index contributed by atoms with van der Waals surface area (Å²) in [5.74, 6) is 0. The lowest BCUT2D eigenvalue weighted by molar-refractivity contribution is 0.0694. The van der Waals surface area contributed by atoms with Crippen molar-refractivity contribution in [3.05, 3.63) is 24.3 Å². The van der Waals surface area contributed by atoms with E-state index in [9.17, 15) is 5.11 Å². The molecule has 0 aromatic rings. The number of ether oxygens (including phenoxy) is 2. The molecule has 0 aromatic heterocycles. The molecule has 4 nitrogen and oxygen atoms in total. The summed E-state index contributed by atoms with van der Waals surface area (Å²) in [5.41, 5.74) is 0. The molecule has 0 spiro atoms. The molecule has 0 unspecified atom stereocenters. The van der Waals surface area contributed by atoms with Gasteiger partial charge in [0.1, 0.15) is 0 Å². The first-order valence-electron chi connectivity index (χ1n) is 21.1. The number of nitrogens with zero attached hydrogens (tertiary/aromatic N) is 1. The van der Waals surface area contributed by atoms with Crippen molar-refractivity contribution in [2.75, 3.05) is 52.7 Å². The first-order chi connectivity index (χ1) is 23.3. The van der Waals surface area contributed by atoms with Crippen LogP contribution in [-0.2, 0) is 9.47 Å². The summed E-state index contributed by atoms with van der Waals surface area (Å²) in [7, 11) is 0. The van der Waals surface area contributed by atoms with Crippen LogP contribution in [0.4, 0.5) is 0 Å². The van der Waals surface area contributed by atoms with Crippen molar-refractivity contribution in [2.24, 2.45) is 0 Å². The van der Waals surface area contributed by atoms with Crippen molar-refractivity contribution in [3.8, 4) is 0 Å². The van der Waals surface area contributed by atoms with E-state index in [1.54, 1.807) is 0 Å². The van der Waals surface area contributed by atoms with E-state index in [1.807, 2.05) is 0 Å². The molecule has 0 aromatic carbocycles. The maximum atomic E-state index is 9.29. The van der Waals surface area contributed by atoms with Crippen LogP contribution >= 0.6 is 0 Å². The minimum absolute atomic E-state index is 0.253. The Bertz CT molecular complexity index is 560. The predicted molar refractivity (Wildman–Crippen MR) is 209 cm³/mol. The van der Waals surface area contributed by atoms with E-state index in [0.29, 0.717) is 0 Å². The standard InChI is InChI=1S/C43H85NO3/c1-3-5-7-9-11-13-15-17-19-21-23-25-27-29-31-33-40-46-42-37-44(36-35-39-45)38-43-47-41-34-32-30-28-26-24-22-20-18-16-14-12-10-8-6-4-2/h17-20,45H,3-16,21-43H2,1-2H3/b19-17-,20-18-. The van der Waals surface area contributed by atoms with Gasteiger partial charge in [-0.1, -0.05) is 154 Å². The van der Waals surface area contributed by atoms with Gasteiger partial charge in [0.05, 0.1) is 13.2 Å². The van der Waals surface area contributed by atoms with E-state index < -0.39 is 0 Å². The molecule has 1 N–H and O–H groups in total. The van der Waals surface area contributed by atoms with Crippen LogP contribution in [0.5, 0.6) is 0 Å². The van der Waals surface area contributed by atoms with E-state index >= 15 is 0 Å². The first kappa shape index (κ1) is 46.3. The fraction of sp³-hybridized carbons (Fsp3) is 0.907. The Labute approximate surface area is 295 Å². The van der Waals surface area contributed by atoms with Crippen LogP contribution in [0.15, 0.2) is 24.3 Å². The average Bonchev–Trinajstić information content (AvgIpc) is 3.08. The molecule has 0 rings (SSSR count). The number of rotatable bonds is 41. The number of allylic oxidation sites excluding steroid dienone is 4. The molecular weight excluding hydrogens is 578 g/mol. The maximum absolute atomic E-state index is 9.29. The zero-order valence-electron chi connectivity index (χ0n) is 32.2. The molecule has 4 heteroatoms. The first-order valence-corrected chi connectivity index (χ1v) is 21.1. The number of aliphatic hydroxyl groups excluding tert-OH is 1. The third-order valence-corrected chi connectivity index (χ3v) is 9.34. The van der Waals surface area contributed by atoms with Gasteiger partial charge in [0.2, 0.25) is 0 Å². The van der Waals surface area contributed by atoms with Gasteiger partial charge in [0, 0.05) is 39.5 Å². The van der Waals surface area contributed by atoms with Gasteiger partial charge in [-0.25, -0.2) is 0 Å². The molecule has 0 amide bonds. The van der Waals surface area contributed by atoms with Crippen LogP contribution in [-0.4, -0.2) is 62.7 Å². The van der Waals surface area contributed by atoms with Crippen LogP contribution < -0.4 is 0 Å². The molecule has 0 aliphatic heterocycles. The normalized spacial score (nSPS) is 12.1. The van der Waals surface area contributed by atoms with Crippen molar-refractivity contribution >= 4 is 0 Å². The highest BCUT2D eigenvalue weighted by atomic mass is 16.5. The predicted octanol–water partition coefficient (Wildman–Crippen LogP) is 12.8. The van der Waals surface area contributed by atoms with Gasteiger partial charge in [-0.05, 0) is 70.6 Å². The van der Waals surface area contributed by atoms with Crippen molar-refractivity contribution in [1.29, 1.82) is 0 Å². The molecule has 0 atom stereocenters. The van der Waals surface area contributed by atoms with Crippen LogP contribution in [0, 0.1) is 0 Å². The van der Waals surface area contributed by atoms with Gasteiger partial charge in [-0.15, -0.1) is 0 Å². The largest absolute Gasteiger partial charge is 0.396 e. The van der Waals surface area contributed by atoms with E-state index in [-0.39, 0.29) is 6.61 Å². The molecule has 0 bridgehead atoms. The van der Waals surface area contributed by atoms with E-state index in [4.69, 9.17) is 9.47 Å². The van der Waals surface area contributed by atoms with Gasteiger partial charge >= 0.3 is 0 Å². The fourth-order valence-corrected chi connectivity index (χ4v) is 6.12. The van der Waals surface area contributed by atoms with Crippen molar-refractivity contribution in [1.82, 2.24) is 4.90 Å². The minimum Gasteiger partial charge on any atom is -0.396 e. The summed E-state index contributed by atoms with van der Waals surface area (Å²) in [6, 6.07) is 0. The zero-order valence-corrected chi connectivity index (χ0v) is 32.2. The van der Waals surface area contributed by atoms with Gasteiger partial charge in [0.15, 0.2) is 0 Å². The molecule has 280 valence electrons. The second-order valence-corrected chi connectivity index (χ2v) is 14.0. The Kier molecular flexibility index (Phi) is 42.7. The maximum Gasteiger partial charge on any atom is 0.0593 e. The van der Waals surface area contributed by atoms with Gasteiger partial charge < -0.3 is 14.6 Å². The Balaban J connectivity index is 3.48. The van der Waals surface area contributed by atoms with E-state index in [1.165, 1.54) is 180 Å². The molecule has 0 aliphatic carbocycles. The van der Waals surface area contributed by atoms with Crippen molar-refractivity contribution in [2.45, 2.75) is 200 Å². The van der Waals surface area contributed by atoms with Crippen LogP contribution in [0.1, 0.15) is 200 Å². The lowest BCUT2D eigenvalue weighted by Gasteiger charge is -2.22. The number of hydrogen-bond donors (Lipinski definition) is 1. The summed E-state index contributed by atoms with van der Waals surface area (Å²) in [4.78, 5) is 2.39. The molecule has 0 radical (unpaired) electrons. The summed E-state index contributed by atoms with van der Waals surface area (Å²) in [5, 5.41) is 9.29. The lowest BCUT2D eigenvalue weighted by Crippen LogP contribution is -2.32. The minimum atomic E-state index is 0.253. The summed E-state index contributed by atoms with van der Waals surface area (Å²) in [6.45, 7) is 10.9. The molecular formula is C43H85NO3. The molecule has 0 heterocycles. The molecule has 0 saturated carbocycles. The highest BCUT2D eigenvalue weighted by Crippen LogP contribution is 2.12. The summed E-state index contributed by atoms with van der Waals surface area (Å²) < 4.78 is 11.9. The topological polar surface area (TPSA) is 41.9 Å². The van der Waals surface area contributed by atoms with E-state index in [2.05, 4.69) is 43.1 Å². The van der Waals surface area contributed by atoms with Crippen LogP contribution in [0.3, 0.4) is 0 Å². The number of unbranched alkanes of at least 4 members (excludes halogenated alkanes) is 24. The molecule has 0 aliphatic rings. The second-order valence-electron chi connectivity index (χ2n) is 14.0. The highest BCUT2D eigenvalue weighted by Gasteiger charge is 2.05. The van der Waals surface area contributed by atoms with Gasteiger partial charge in [-0.3, -0.25) is 4.90 Å². The molecule has 0 saturated heterocycles. The third kappa shape index (κ3) is 41.4. The molecule has 47 heavy (non-hydrogen) atoms. The summed E-state index contributed by atoms with van der Waals surface area (Å²) in [6.07, 6.45) is 48.0. The zero-order chi connectivity index (χ0) is 34.0. The quantitative estimate of drug-likeness (QED) is 0.0522. The summed E-state index contributed by atoms with van der Waals surface area (Å²) >= 11 is 0. The fourth-order valence-electron chi connectivity index (χ4n) is 6.12.